The van der Waals surface area contributed by atoms with Crippen molar-refractivity contribution in [3.05, 3.63) is 58.0 Å². The SMILES string of the molecule is CCc1cccc(NS(=O)(=O)c2cc3[nH]c(=O)[nH]c3cc2C)c1. The van der Waals surface area contributed by atoms with Crippen LogP contribution in [0.15, 0.2) is 46.1 Å². The molecule has 0 aliphatic rings. The minimum Gasteiger partial charge on any atom is -0.306 e. The van der Waals surface area contributed by atoms with Crippen LogP contribution < -0.4 is 10.4 Å². The molecule has 120 valence electrons. The molecule has 2 aromatic carbocycles. The summed E-state index contributed by atoms with van der Waals surface area (Å²) in [4.78, 5) is 16.7. The van der Waals surface area contributed by atoms with Crippen LogP contribution in [-0.2, 0) is 16.4 Å². The standard InChI is InChI=1S/C16H17N3O3S/c1-3-11-5-4-6-12(8-11)19-23(21,22)15-9-14-13(7-10(15)2)17-16(20)18-14/h4-9,19H,3H2,1-2H3,(H2,17,18,20). The van der Waals surface area contributed by atoms with Gasteiger partial charge in [-0.1, -0.05) is 19.1 Å². The van der Waals surface area contributed by atoms with Crippen LogP contribution in [0.3, 0.4) is 0 Å². The molecule has 3 N–H and O–H groups in total. The van der Waals surface area contributed by atoms with E-state index in [4.69, 9.17) is 0 Å². The number of H-pyrrole nitrogens is 2. The molecule has 1 heterocycles. The Morgan fingerprint density at radius 1 is 1.09 bits per heavy atom. The Hall–Kier alpha value is -2.54. The minimum absolute atomic E-state index is 0.141. The minimum atomic E-state index is -3.74. The first kappa shape index (κ1) is 15.4. The van der Waals surface area contributed by atoms with Gasteiger partial charge in [0.2, 0.25) is 0 Å². The predicted octanol–water partition coefficient (Wildman–Crippen LogP) is 2.53. The number of sulfonamides is 1. The monoisotopic (exact) mass is 331 g/mol. The summed E-state index contributed by atoms with van der Waals surface area (Å²) in [5.41, 5.74) is 2.81. The molecule has 0 radical (unpaired) electrons. The lowest BCUT2D eigenvalue weighted by Gasteiger charge is -2.11. The van der Waals surface area contributed by atoms with Crippen molar-refractivity contribution in [2.75, 3.05) is 4.72 Å². The van der Waals surface area contributed by atoms with Gasteiger partial charge < -0.3 is 9.97 Å². The summed E-state index contributed by atoms with van der Waals surface area (Å²) in [6, 6.07) is 10.4. The molecular formula is C16H17N3O3S. The van der Waals surface area contributed by atoms with Crippen LogP contribution in [0.4, 0.5) is 5.69 Å². The second-order valence-corrected chi connectivity index (χ2v) is 7.05. The van der Waals surface area contributed by atoms with Crippen molar-refractivity contribution in [3.63, 3.8) is 0 Å². The third kappa shape index (κ3) is 3.00. The summed E-state index contributed by atoms with van der Waals surface area (Å²) < 4.78 is 27.9. The van der Waals surface area contributed by atoms with Crippen molar-refractivity contribution in [1.82, 2.24) is 9.97 Å². The molecule has 0 aliphatic heterocycles. The van der Waals surface area contributed by atoms with Crippen LogP contribution >= 0.6 is 0 Å². The van der Waals surface area contributed by atoms with E-state index < -0.39 is 10.0 Å². The average Bonchev–Trinajstić information content (AvgIpc) is 2.85. The number of rotatable bonds is 4. The molecule has 3 rings (SSSR count). The normalized spacial score (nSPS) is 11.7. The number of aromatic amines is 2. The van der Waals surface area contributed by atoms with Crippen molar-refractivity contribution in [3.8, 4) is 0 Å². The zero-order valence-corrected chi connectivity index (χ0v) is 13.6. The van der Waals surface area contributed by atoms with Gasteiger partial charge in [-0.2, -0.15) is 0 Å². The van der Waals surface area contributed by atoms with E-state index in [0.717, 1.165) is 12.0 Å². The maximum absolute atomic E-state index is 12.7. The quantitative estimate of drug-likeness (QED) is 0.685. The molecule has 0 spiro atoms. The second-order valence-electron chi connectivity index (χ2n) is 5.40. The Morgan fingerprint density at radius 2 is 1.78 bits per heavy atom. The summed E-state index contributed by atoms with van der Waals surface area (Å²) in [6.07, 6.45) is 0.825. The zero-order valence-electron chi connectivity index (χ0n) is 12.8. The van der Waals surface area contributed by atoms with Gasteiger partial charge in [0.25, 0.3) is 10.0 Å². The van der Waals surface area contributed by atoms with Crippen molar-refractivity contribution in [2.24, 2.45) is 0 Å². The molecule has 7 heteroatoms. The lowest BCUT2D eigenvalue weighted by atomic mass is 10.1. The van der Waals surface area contributed by atoms with E-state index in [2.05, 4.69) is 14.7 Å². The number of hydrogen-bond donors (Lipinski definition) is 3. The molecule has 3 aromatic rings. The van der Waals surface area contributed by atoms with Gasteiger partial charge in [-0.3, -0.25) is 4.72 Å². The van der Waals surface area contributed by atoms with Gasteiger partial charge in [-0.25, -0.2) is 13.2 Å². The predicted molar refractivity (Wildman–Crippen MR) is 90.3 cm³/mol. The fourth-order valence-electron chi connectivity index (χ4n) is 2.53. The first-order chi connectivity index (χ1) is 10.9. The number of fused-ring (bicyclic) bond motifs is 1. The van der Waals surface area contributed by atoms with E-state index in [1.165, 1.54) is 6.07 Å². The number of benzene rings is 2. The molecule has 0 fully saturated rings. The highest BCUT2D eigenvalue weighted by molar-refractivity contribution is 7.92. The molecule has 0 bridgehead atoms. The average molecular weight is 331 g/mol. The Balaban J connectivity index is 2.04. The van der Waals surface area contributed by atoms with E-state index >= 15 is 0 Å². The van der Waals surface area contributed by atoms with E-state index in [9.17, 15) is 13.2 Å². The smallest absolute Gasteiger partial charge is 0.306 e. The molecule has 0 aliphatic carbocycles. The van der Waals surface area contributed by atoms with Crippen LogP contribution in [-0.4, -0.2) is 18.4 Å². The lowest BCUT2D eigenvalue weighted by molar-refractivity contribution is 0.600. The number of anilines is 1. The zero-order chi connectivity index (χ0) is 16.6. The van der Waals surface area contributed by atoms with Gasteiger partial charge in [0, 0.05) is 5.69 Å². The highest BCUT2D eigenvalue weighted by atomic mass is 32.2. The van der Waals surface area contributed by atoms with E-state index in [-0.39, 0.29) is 10.6 Å². The maximum atomic E-state index is 12.7. The van der Waals surface area contributed by atoms with Gasteiger partial charge >= 0.3 is 5.69 Å². The molecular weight excluding hydrogens is 314 g/mol. The van der Waals surface area contributed by atoms with Gasteiger partial charge in [-0.05, 0) is 48.7 Å². The summed E-state index contributed by atoms with van der Waals surface area (Å²) >= 11 is 0. The number of imidazole rings is 1. The van der Waals surface area contributed by atoms with Crippen molar-refractivity contribution in [2.45, 2.75) is 25.2 Å². The van der Waals surface area contributed by atoms with Gasteiger partial charge in [0.1, 0.15) is 0 Å². The fourth-order valence-corrected chi connectivity index (χ4v) is 3.83. The summed E-state index contributed by atoms with van der Waals surface area (Å²) in [5.74, 6) is 0. The fraction of sp³-hybridized carbons (Fsp3) is 0.188. The molecule has 0 saturated carbocycles. The summed E-state index contributed by atoms with van der Waals surface area (Å²) in [7, 11) is -3.74. The van der Waals surface area contributed by atoms with Gasteiger partial charge in [-0.15, -0.1) is 0 Å². The Bertz CT molecular complexity index is 1030. The van der Waals surface area contributed by atoms with Crippen LogP contribution in [0.1, 0.15) is 18.1 Å². The highest BCUT2D eigenvalue weighted by Crippen LogP contribution is 2.23. The van der Waals surface area contributed by atoms with Crippen LogP contribution in [0.5, 0.6) is 0 Å². The molecule has 0 amide bonds. The van der Waals surface area contributed by atoms with E-state index in [1.807, 2.05) is 25.1 Å². The topological polar surface area (TPSA) is 94.8 Å². The molecule has 0 atom stereocenters. The molecule has 23 heavy (non-hydrogen) atoms. The molecule has 0 saturated heterocycles. The van der Waals surface area contributed by atoms with Crippen LogP contribution in [0.25, 0.3) is 11.0 Å². The van der Waals surface area contributed by atoms with Crippen molar-refractivity contribution in [1.29, 1.82) is 0 Å². The molecule has 6 nitrogen and oxygen atoms in total. The lowest BCUT2D eigenvalue weighted by Crippen LogP contribution is -2.14. The third-order valence-corrected chi connectivity index (χ3v) is 5.21. The van der Waals surface area contributed by atoms with Gasteiger partial charge in [0.05, 0.1) is 15.9 Å². The highest BCUT2D eigenvalue weighted by Gasteiger charge is 2.18. The molecule has 1 aromatic heterocycles. The Labute approximate surface area is 133 Å². The number of aryl methyl sites for hydroxylation is 2. The van der Waals surface area contributed by atoms with Crippen LogP contribution in [0.2, 0.25) is 0 Å². The van der Waals surface area contributed by atoms with E-state index in [0.29, 0.717) is 22.3 Å². The maximum Gasteiger partial charge on any atom is 0.323 e. The van der Waals surface area contributed by atoms with Crippen molar-refractivity contribution < 1.29 is 8.42 Å². The summed E-state index contributed by atoms with van der Waals surface area (Å²) in [6.45, 7) is 3.70. The van der Waals surface area contributed by atoms with Crippen LogP contribution in [0, 0.1) is 6.92 Å². The van der Waals surface area contributed by atoms with Gasteiger partial charge in [0.15, 0.2) is 0 Å². The number of hydrogen-bond acceptors (Lipinski definition) is 3. The second kappa shape index (κ2) is 5.58. The molecule has 0 unspecified atom stereocenters. The number of aromatic nitrogens is 2. The number of nitrogens with one attached hydrogen (secondary N) is 3. The first-order valence-electron chi connectivity index (χ1n) is 7.23. The largest absolute Gasteiger partial charge is 0.323 e. The Kier molecular flexibility index (Phi) is 3.73. The van der Waals surface area contributed by atoms with E-state index in [1.54, 1.807) is 19.1 Å². The van der Waals surface area contributed by atoms with Crippen molar-refractivity contribution >= 4 is 26.7 Å². The first-order valence-corrected chi connectivity index (χ1v) is 8.72. The summed E-state index contributed by atoms with van der Waals surface area (Å²) in [5, 5.41) is 0. The third-order valence-electron chi connectivity index (χ3n) is 3.69. The Morgan fingerprint density at radius 3 is 2.48 bits per heavy atom.